The maximum absolute atomic E-state index is 13.1. The lowest BCUT2D eigenvalue weighted by atomic mass is 9.97. The van der Waals surface area contributed by atoms with Gasteiger partial charge in [-0.2, -0.15) is 4.31 Å². The van der Waals surface area contributed by atoms with Crippen LogP contribution in [0.5, 0.6) is 5.75 Å². The van der Waals surface area contributed by atoms with Gasteiger partial charge in [-0.05, 0) is 73.2 Å². The standard InChI is InChI=1S/C23H29BrN2O4S/c1-4-16-13-19(24)14-17(5-2)22(16)25-23(27)18-7-6-12-26(15-18)31(28,29)21-10-8-20(30-3)9-11-21/h8-11,13-14,18H,4-7,12,15H2,1-3H3,(H,25,27). The van der Waals surface area contributed by atoms with Gasteiger partial charge >= 0.3 is 0 Å². The van der Waals surface area contributed by atoms with Crippen molar-refractivity contribution in [3.05, 3.63) is 52.0 Å². The lowest BCUT2D eigenvalue weighted by molar-refractivity contribution is -0.120. The van der Waals surface area contributed by atoms with Crippen LogP contribution in [0, 0.1) is 5.92 Å². The summed E-state index contributed by atoms with van der Waals surface area (Å²) in [5.41, 5.74) is 2.99. The Morgan fingerprint density at radius 2 is 1.77 bits per heavy atom. The van der Waals surface area contributed by atoms with Crippen LogP contribution in [0.15, 0.2) is 45.8 Å². The first kappa shape index (κ1) is 23.8. The molecule has 8 heteroatoms. The van der Waals surface area contributed by atoms with Crippen LogP contribution < -0.4 is 10.1 Å². The summed E-state index contributed by atoms with van der Waals surface area (Å²) in [5.74, 6) is 0.0870. The van der Waals surface area contributed by atoms with Gasteiger partial charge in [0.1, 0.15) is 5.75 Å². The van der Waals surface area contributed by atoms with Crippen molar-refractivity contribution in [2.75, 3.05) is 25.5 Å². The van der Waals surface area contributed by atoms with Crippen LogP contribution in [0.1, 0.15) is 37.8 Å². The van der Waals surface area contributed by atoms with Gasteiger partial charge in [-0.3, -0.25) is 4.79 Å². The predicted molar refractivity (Wildman–Crippen MR) is 126 cm³/mol. The summed E-state index contributed by atoms with van der Waals surface area (Å²) in [6, 6.07) is 10.4. The second-order valence-electron chi connectivity index (χ2n) is 7.67. The highest BCUT2D eigenvalue weighted by atomic mass is 79.9. The minimum absolute atomic E-state index is 0.124. The van der Waals surface area contributed by atoms with Crippen LogP contribution in [-0.2, 0) is 27.7 Å². The molecule has 0 spiro atoms. The van der Waals surface area contributed by atoms with Crippen molar-refractivity contribution < 1.29 is 17.9 Å². The molecule has 1 saturated heterocycles. The number of sulfonamides is 1. The smallest absolute Gasteiger partial charge is 0.243 e. The molecule has 1 unspecified atom stereocenters. The topological polar surface area (TPSA) is 75.7 Å². The van der Waals surface area contributed by atoms with Crippen LogP contribution in [-0.4, -0.2) is 38.8 Å². The highest BCUT2D eigenvalue weighted by Crippen LogP contribution is 2.30. The van der Waals surface area contributed by atoms with Crippen molar-refractivity contribution in [2.45, 2.75) is 44.4 Å². The third kappa shape index (κ3) is 5.30. The van der Waals surface area contributed by atoms with E-state index in [1.54, 1.807) is 24.3 Å². The van der Waals surface area contributed by atoms with Crippen molar-refractivity contribution in [1.29, 1.82) is 0 Å². The lowest BCUT2D eigenvalue weighted by Crippen LogP contribution is -2.43. The number of ether oxygens (including phenoxy) is 1. The minimum Gasteiger partial charge on any atom is -0.497 e. The van der Waals surface area contributed by atoms with Crippen molar-refractivity contribution >= 4 is 37.5 Å². The molecule has 0 saturated carbocycles. The molecule has 2 aromatic rings. The molecule has 168 valence electrons. The molecule has 1 fully saturated rings. The van der Waals surface area contributed by atoms with Gasteiger partial charge in [0.05, 0.1) is 17.9 Å². The molecular formula is C23H29BrN2O4S. The summed E-state index contributed by atoms with van der Waals surface area (Å²) in [6.45, 7) is 4.71. The molecule has 2 aromatic carbocycles. The van der Waals surface area contributed by atoms with Gasteiger partial charge in [0.15, 0.2) is 0 Å². The van der Waals surface area contributed by atoms with E-state index in [4.69, 9.17) is 4.74 Å². The van der Waals surface area contributed by atoms with E-state index in [1.165, 1.54) is 11.4 Å². The average molecular weight is 509 g/mol. The van der Waals surface area contributed by atoms with Crippen molar-refractivity contribution in [3.63, 3.8) is 0 Å². The van der Waals surface area contributed by atoms with E-state index in [1.807, 2.05) is 12.1 Å². The summed E-state index contributed by atoms with van der Waals surface area (Å²) in [6.07, 6.45) is 2.91. The Morgan fingerprint density at radius 1 is 1.16 bits per heavy atom. The molecule has 1 N–H and O–H groups in total. The highest BCUT2D eigenvalue weighted by molar-refractivity contribution is 9.10. The monoisotopic (exact) mass is 508 g/mol. The first-order valence-corrected chi connectivity index (χ1v) is 12.8. The van der Waals surface area contributed by atoms with Gasteiger partial charge in [-0.1, -0.05) is 29.8 Å². The zero-order chi connectivity index (χ0) is 22.6. The molecule has 6 nitrogen and oxygen atoms in total. The molecule has 1 atom stereocenters. The Hall–Kier alpha value is -1.90. The third-order valence-electron chi connectivity index (χ3n) is 5.73. The quantitative estimate of drug-likeness (QED) is 0.591. The second kappa shape index (κ2) is 10.1. The Bertz CT molecular complexity index is 1010. The number of rotatable bonds is 7. The van der Waals surface area contributed by atoms with E-state index < -0.39 is 10.0 Å². The molecule has 31 heavy (non-hydrogen) atoms. The number of carbonyl (C=O) groups is 1. The SMILES string of the molecule is CCc1cc(Br)cc(CC)c1NC(=O)C1CCCN(S(=O)(=O)c2ccc(OC)cc2)C1. The van der Waals surface area contributed by atoms with Crippen molar-refractivity contribution in [2.24, 2.45) is 5.92 Å². The lowest BCUT2D eigenvalue weighted by Gasteiger charge is -2.31. The van der Waals surface area contributed by atoms with Gasteiger partial charge in [0.25, 0.3) is 0 Å². The molecule has 3 rings (SSSR count). The number of benzene rings is 2. The molecular weight excluding hydrogens is 480 g/mol. The Labute approximate surface area is 193 Å². The molecule has 1 amide bonds. The Balaban J connectivity index is 1.78. The van der Waals surface area contributed by atoms with Crippen LogP contribution in [0.2, 0.25) is 0 Å². The number of nitrogens with one attached hydrogen (secondary N) is 1. The first-order chi connectivity index (χ1) is 14.8. The zero-order valence-corrected chi connectivity index (χ0v) is 20.6. The summed E-state index contributed by atoms with van der Waals surface area (Å²) >= 11 is 3.54. The Kier molecular flexibility index (Phi) is 7.78. The van der Waals surface area contributed by atoms with Gasteiger partial charge in [0.2, 0.25) is 15.9 Å². The molecule has 0 aliphatic carbocycles. The number of piperidine rings is 1. The molecule has 1 aliphatic rings. The molecule has 0 aromatic heterocycles. The third-order valence-corrected chi connectivity index (χ3v) is 8.07. The van der Waals surface area contributed by atoms with Crippen molar-refractivity contribution in [3.8, 4) is 5.75 Å². The summed E-state index contributed by atoms with van der Waals surface area (Å²) < 4.78 is 33.7. The highest BCUT2D eigenvalue weighted by Gasteiger charge is 2.33. The number of halogens is 1. The fourth-order valence-corrected chi connectivity index (χ4v) is 6.02. The van der Waals surface area contributed by atoms with Crippen molar-refractivity contribution in [1.82, 2.24) is 4.31 Å². The molecule has 0 bridgehead atoms. The minimum atomic E-state index is -3.67. The maximum atomic E-state index is 13.1. The largest absolute Gasteiger partial charge is 0.497 e. The summed E-state index contributed by atoms with van der Waals surface area (Å²) in [4.78, 5) is 13.3. The van der Waals surface area contributed by atoms with Gasteiger partial charge in [-0.25, -0.2) is 8.42 Å². The van der Waals surface area contributed by atoms with E-state index >= 15 is 0 Å². The molecule has 1 heterocycles. The maximum Gasteiger partial charge on any atom is 0.243 e. The number of anilines is 1. The number of amides is 1. The zero-order valence-electron chi connectivity index (χ0n) is 18.2. The van der Waals surface area contributed by atoms with E-state index in [2.05, 4.69) is 35.1 Å². The normalized spacial score (nSPS) is 17.4. The van der Waals surface area contributed by atoms with E-state index in [-0.39, 0.29) is 23.3 Å². The summed E-state index contributed by atoms with van der Waals surface area (Å²) in [7, 11) is -2.13. The number of hydrogen-bond donors (Lipinski definition) is 1. The Morgan fingerprint density at radius 3 is 2.32 bits per heavy atom. The van der Waals surface area contributed by atoms with Gasteiger partial charge in [-0.15, -0.1) is 0 Å². The number of methoxy groups -OCH3 is 1. The number of nitrogens with zero attached hydrogens (tertiary/aromatic N) is 1. The van der Waals surface area contributed by atoms with E-state index in [0.29, 0.717) is 25.1 Å². The van der Waals surface area contributed by atoms with Gasteiger partial charge < -0.3 is 10.1 Å². The van der Waals surface area contributed by atoms with E-state index in [0.717, 1.165) is 34.1 Å². The number of hydrogen-bond acceptors (Lipinski definition) is 4. The molecule has 1 aliphatic heterocycles. The second-order valence-corrected chi connectivity index (χ2v) is 10.5. The summed E-state index contributed by atoms with van der Waals surface area (Å²) in [5, 5.41) is 3.11. The first-order valence-electron chi connectivity index (χ1n) is 10.6. The fraction of sp³-hybridized carbons (Fsp3) is 0.435. The number of aryl methyl sites for hydroxylation is 2. The van der Waals surface area contributed by atoms with Crippen LogP contribution in [0.4, 0.5) is 5.69 Å². The molecule has 0 radical (unpaired) electrons. The fourth-order valence-electron chi connectivity index (χ4n) is 3.94. The van der Waals surface area contributed by atoms with Gasteiger partial charge in [0, 0.05) is 23.2 Å². The van der Waals surface area contributed by atoms with E-state index in [9.17, 15) is 13.2 Å². The predicted octanol–water partition coefficient (Wildman–Crippen LogP) is 4.62. The number of carbonyl (C=O) groups excluding carboxylic acids is 1. The van der Waals surface area contributed by atoms with Crippen LogP contribution >= 0.6 is 15.9 Å². The van der Waals surface area contributed by atoms with Crippen LogP contribution in [0.25, 0.3) is 0 Å². The van der Waals surface area contributed by atoms with Crippen LogP contribution in [0.3, 0.4) is 0 Å². The average Bonchev–Trinajstić information content (AvgIpc) is 2.79.